The van der Waals surface area contributed by atoms with Crippen molar-refractivity contribution in [2.45, 2.75) is 19.4 Å². The summed E-state index contributed by atoms with van der Waals surface area (Å²) in [5.74, 6) is 0.642. The molecule has 3 aromatic rings. The highest BCUT2D eigenvalue weighted by Crippen LogP contribution is 2.30. The van der Waals surface area contributed by atoms with E-state index in [-0.39, 0.29) is 18.0 Å². The van der Waals surface area contributed by atoms with Crippen molar-refractivity contribution in [3.63, 3.8) is 0 Å². The first-order chi connectivity index (χ1) is 12.6. The lowest BCUT2D eigenvalue weighted by Gasteiger charge is -2.30. The molecule has 8 nitrogen and oxygen atoms in total. The quantitative estimate of drug-likeness (QED) is 0.705. The van der Waals surface area contributed by atoms with Gasteiger partial charge in [0, 0.05) is 19.3 Å². The summed E-state index contributed by atoms with van der Waals surface area (Å²) < 4.78 is 8.14. The van der Waals surface area contributed by atoms with Crippen molar-refractivity contribution in [3.05, 3.63) is 46.6 Å². The van der Waals surface area contributed by atoms with Crippen molar-refractivity contribution >= 4 is 22.6 Å². The van der Waals surface area contributed by atoms with Crippen LogP contribution < -0.4 is 15.2 Å². The summed E-state index contributed by atoms with van der Waals surface area (Å²) in [6.07, 6.45) is 4.66. The summed E-state index contributed by atoms with van der Waals surface area (Å²) in [6.45, 7) is 0.581. The molecule has 0 saturated carbocycles. The SMILES string of the molecule is COc1ccc2c(c1)CCCN2C(=O)Cn1cnc2c(cnn2C)c1=O. The minimum absolute atomic E-state index is 0.0534. The van der Waals surface area contributed by atoms with Crippen LogP contribution in [0.15, 0.2) is 35.5 Å². The van der Waals surface area contributed by atoms with Gasteiger partial charge in [0.25, 0.3) is 5.56 Å². The van der Waals surface area contributed by atoms with Crippen LogP contribution in [0.1, 0.15) is 12.0 Å². The number of ether oxygens (including phenoxy) is 1. The van der Waals surface area contributed by atoms with E-state index in [1.807, 2.05) is 18.2 Å². The average molecular weight is 353 g/mol. The van der Waals surface area contributed by atoms with Gasteiger partial charge in [-0.1, -0.05) is 0 Å². The third-order valence-corrected chi connectivity index (χ3v) is 4.73. The van der Waals surface area contributed by atoms with Gasteiger partial charge in [-0.3, -0.25) is 18.8 Å². The number of nitrogens with zero attached hydrogens (tertiary/aromatic N) is 5. The van der Waals surface area contributed by atoms with E-state index >= 15 is 0 Å². The normalized spacial score (nSPS) is 13.7. The van der Waals surface area contributed by atoms with Crippen LogP contribution in [0.2, 0.25) is 0 Å². The summed E-state index contributed by atoms with van der Waals surface area (Å²) in [7, 11) is 3.35. The van der Waals surface area contributed by atoms with Crippen LogP contribution in [0, 0.1) is 0 Å². The Kier molecular flexibility index (Phi) is 3.95. The molecule has 0 radical (unpaired) electrons. The van der Waals surface area contributed by atoms with Gasteiger partial charge in [0.15, 0.2) is 5.65 Å². The lowest BCUT2D eigenvalue weighted by atomic mass is 10.0. The molecule has 8 heteroatoms. The monoisotopic (exact) mass is 353 g/mol. The number of carbonyl (C=O) groups is 1. The molecule has 4 rings (SSSR count). The summed E-state index contributed by atoms with van der Waals surface area (Å²) in [5, 5.41) is 4.46. The number of amides is 1. The van der Waals surface area contributed by atoms with Crippen molar-refractivity contribution < 1.29 is 9.53 Å². The zero-order valence-electron chi connectivity index (χ0n) is 14.7. The number of hydrogen-bond donors (Lipinski definition) is 0. The number of benzene rings is 1. The van der Waals surface area contributed by atoms with E-state index in [1.54, 1.807) is 19.1 Å². The fraction of sp³-hybridized carbons (Fsp3) is 0.333. The Bertz CT molecular complexity index is 1050. The number of fused-ring (bicyclic) bond motifs is 2. The standard InChI is InChI=1S/C18H19N5O3/c1-21-17-14(9-20-21)18(25)22(11-19-17)10-16(24)23-7-3-4-12-8-13(26-2)5-6-15(12)23/h5-6,8-9,11H,3-4,7,10H2,1-2H3. The molecule has 26 heavy (non-hydrogen) atoms. The lowest BCUT2D eigenvalue weighted by Crippen LogP contribution is -2.39. The molecule has 0 N–H and O–H groups in total. The molecule has 0 bridgehead atoms. The molecule has 3 heterocycles. The van der Waals surface area contributed by atoms with E-state index in [0.717, 1.165) is 29.8 Å². The van der Waals surface area contributed by atoms with Crippen molar-refractivity contribution in [1.29, 1.82) is 0 Å². The predicted molar refractivity (Wildman–Crippen MR) is 96.4 cm³/mol. The first kappa shape index (κ1) is 16.3. The molecule has 1 aliphatic heterocycles. The van der Waals surface area contributed by atoms with E-state index in [2.05, 4.69) is 10.1 Å². The number of aromatic nitrogens is 4. The van der Waals surface area contributed by atoms with E-state index in [1.165, 1.54) is 21.8 Å². The average Bonchev–Trinajstić information content (AvgIpc) is 3.04. The van der Waals surface area contributed by atoms with Gasteiger partial charge in [0.05, 0.1) is 13.3 Å². The second-order valence-corrected chi connectivity index (χ2v) is 6.33. The molecule has 2 aromatic heterocycles. The molecule has 0 saturated heterocycles. The number of aryl methyl sites for hydroxylation is 2. The van der Waals surface area contributed by atoms with Crippen LogP contribution in [-0.2, 0) is 24.8 Å². The fourth-order valence-corrected chi connectivity index (χ4v) is 3.37. The van der Waals surface area contributed by atoms with Crippen molar-refractivity contribution in [3.8, 4) is 5.75 Å². The fourth-order valence-electron chi connectivity index (χ4n) is 3.37. The van der Waals surface area contributed by atoms with Crippen LogP contribution in [0.5, 0.6) is 5.75 Å². The molecular weight excluding hydrogens is 334 g/mol. The highest BCUT2D eigenvalue weighted by Gasteiger charge is 2.23. The van der Waals surface area contributed by atoms with Crippen LogP contribution in [0.25, 0.3) is 11.0 Å². The Morgan fingerprint density at radius 2 is 2.19 bits per heavy atom. The number of methoxy groups -OCH3 is 1. The minimum atomic E-state index is -0.261. The highest BCUT2D eigenvalue weighted by atomic mass is 16.5. The first-order valence-electron chi connectivity index (χ1n) is 8.43. The van der Waals surface area contributed by atoms with Gasteiger partial charge >= 0.3 is 0 Å². The van der Waals surface area contributed by atoms with Crippen LogP contribution in [-0.4, -0.2) is 38.9 Å². The van der Waals surface area contributed by atoms with Gasteiger partial charge in [-0.2, -0.15) is 5.10 Å². The van der Waals surface area contributed by atoms with Crippen molar-refractivity contribution in [2.75, 3.05) is 18.6 Å². The van der Waals surface area contributed by atoms with E-state index in [4.69, 9.17) is 4.74 Å². The van der Waals surface area contributed by atoms with Gasteiger partial charge in [-0.05, 0) is 36.6 Å². The summed E-state index contributed by atoms with van der Waals surface area (Å²) >= 11 is 0. The Morgan fingerprint density at radius 1 is 1.35 bits per heavy atom. The third kappa shape index (κ3) is 2.63. The molecule has 1 aliphatic rings. The van der Waals surface area contributed by atoms with Crippen LogP contribution in [0.3, 0.4) is 0 Å². The van der Waals surface area contributed by atoms with E-state index < -0.39 is 0 Å². The Hall–Kier alpha value is -3.16. The molecule has 0 unspecified atom stereocenters. The number of carbonyl (C=O) groups excluding carboxylic acids is 1. The maximum Gasteiger partial charge on any atom is 0.264 e. The molecule has 0 spiro atoms. The topological polar surface area (TPSA) is 82.2 Å². The second-order valence-electron chi connectivity index (χ2n) is 6.33. The largest absolute Gasteiger partial charge is 0.497 e. The Balaban J connectivity index is 1.64. The number of anilines is 1. The predicted octanol–water partition coefficient (Wildman–Crippen LogP) is 1.12. The summed E-state index contributed by atoms with van der Waals surface area (Å²) in [6, 6.07) is 5.71. The zero-order chi connectivity index (χ0) is 18.3. The third-order valence-electron chi connectivity index (χ3n) is 4.73. The van der Waals surface area contributed by atoms with E-state index in [9.17, 15) is 9.59 Å². The van der Waals surface area contributed by atoms with Crippen LogP contribution in [0.4, 0.5) is 5.69 Å². The van der Waals surface area contributed by atoms with Gasteiger partial charge in [0.1, 0.15) is 24.0 Å². The maximum atomic E-state index is 12.9. The highest BCUT2D eigenvalue weighted by molar-refractivity contribution is 5.94. The number of rotatable bonds is 3. The smallest absolute Gasteiger partial charge is 0.264 e. The number of hydrogen-bond acceptors (Lipinski definition) is 5. The van der Waals surface area contributed by atoms with Gasteiger partial charge in [-0.15, -0.1) is 0 Å². The Labute approximate surface area is 149 Å². The molecule has 134 valence electrons. The summed E-state index contributed by atoms with van der Waals surface area (Å²) in [4.78, 5) is 31.4. The molecule has 0 atom stereocenters. The zero-order valence-corrected chi connectivity index (χ0v) is 14.7. The Morgan fingerprint density at radius 3 is 3.00 bits per heavy atom. The molecular formula is C18H19N5O3. The molecule has 1 aromatic carbocycles. The lowest BCUT2D eigenvalue weighted by molar-refractivity contribution is -0.119. The van der Waals surface area contributed by atoms with E-state index in [0.29, 0.717) is 17.6 Å². The first-order valence-corrected chi connectivity index (χ1v) is 8.43. The summed E-state index contributed by atoms with van der Waals surface area (Å²) in [5.41, 5.74) is 2.21. The van der Waals surface area contributed by atoms with Crippen LogP contribution >= 0.6 is 0 Å². The van der Waals surface area contributed by atoms with Gasteiger partial charge in [0.2, 0.25) is 5.91 Å². The van der Waals surface area contributed by atoms with Crippen molar-refractivity contribution in [1.82, 2.24) is 19.3 Å². The molecule has 0 aliphatic carbocycles. The van der Waals surface area contributed by atoms with Gasteiger partial charge < -0.3 is 9.64 Å². The minimum Gasteiger partial charge on any atom is -0.497 e. The second kappa shape index (κ2) is 6.29. The molecule has 0 fully saturated rings. The maximum absolute atomic E-state index is 12.9. The molecule has 1 amide bonds. The van der Waals surface area contributed by atoms with Gasteiger partial charge in [-0.25, -0.2) is 4.98 Å². The van der Waals surface area contributed by atoms with Crippen molar-refractivity contribution in [2.24, 2.45) is 7.05 Å².